The van der Waals surface area contributed by atoms with Crippen molar-refractivity contribution in [2.45, 2.75) is 19.9 Å². The van der Waals surface area contributed by atoms with E-state index in [1.807, 2.05) is 31.2 Å². The fourth-order valence-electron chi connectivity index (χ4n) is 3.31. The quantitative estimate of drug-likeness (QED) is 0.841. The van der Waals surface area contributed by atoms with Crippen LogP contribution in [0.25, 0.3) is 0 Å². The molecule has 3 rings (SSSR count). The van der Waals surface area contributed by atoms with Crippen LogP contribution in [0.1, 0.15) is 17.5 Å². The van der Waals surface area contributed by atoms with E-state index in [4.69, 9.17) is 11.6 Å². The van der Waals surface area contributed by atoms with Gasteiger partial charge in [-0.25, -0.2) is 4.39 Å². The number of hydrogen-bond acceptors (Lipinski definition) is 3. The minimum Gasteiger partial charge on any atom is -0.325 e. The Bertz CT molecular complexity index is 781. The van der Waals surface area contributed by atoms with Gasteiger partial charge in [0.1, 0.15) is 5.82 Å². The number of nitrogens with zero attached hydrogens (tertiary/aromatic N) is 2. The first-order valence-corrected chi connectivity index (χ1v) is 9.62. The number of rotatable bonds is 5. The Labute approximate surface area is 164 Å². The van der Waals surface area contributed by atoms with Gasteiger partial charge in [-0.3, -0.25) is 14.6 Å². The fraction of sp³-hybridized carbons (Fsp3) is 0.381. The van der Waals surface area contributed by atoms with Crippen LogP contribution in [0.3, 0.4) is 0 Å². The van der Waals surface area contributed by atoms with Gasteiger partial charge in [-0.2, -0.15) is 0 Å². The van der Waals surface area contributed by atoms with Crippen molar-refractivity contribution in [1.82, 2.24) is 9.80 Å². The summed E-state index contributed by atoms with van der Waals surface area (Å²) < 4.78 is 13.0. The van der Waals surface area contributed by atoms with Crippen LogP contribution in [0.15, 0.2) is 42.5 Å². The Balaban J connectivity index is 1.49. The molecule has 4 nitrogen and oxygen atoms in total. The number of halogens is 2. The van der Waals surface area contributed by atoms with E-state index in [-0.39, 0.29) is 11.7 Å². The summed E-state index contributed by atoms with van der Waals surface area (Å²) in [6.07, 6.45) is 1.00. The molecule has 0 unspecified atom stereocenters. The van der Waals surface area contributed by atoms with Gasteiger partial charge in [-0.15, -0.1) is 0 Å². The zero-order chi connectivity index (χ0) is 19.2. The Hall–Kier alpha value is -1.95. The van der Waals surface area contributed by atoms with Crippen molar-refractivity contribution >= 4 is 23.2 Å². The number of carbonyl (C=O) groups excluding carboxylic acids is 1. The molecule has 1 amide bonds. The molecule has 0 atom stereocenters. The van der Waals surface area contributed by atoms with E-state index in [0.717, 1.165) is 56.0 Å². The van der Waals surface area contributed by atoms with Gasteiger partial charge in [0.05, 0.1) is 6.54 Å². The lowest BCUT2D eigenvalue weighted by molar-refractivity contribution is -0.117. The predicted molar refractivity (Wildman–Crippen MR) is 108 cm³/mol. The van der Waals surface area contributed by atoms with Gasteiger partial charge in [-0.05, 0) is 61.8 Å². The van der Waals surface area contributed by atoms with E-state index >= 15 is 0 Å². The van der Waals surface area contributed by atoms with Crippen LogP contribution in [0.2, 0.25) is 5.02 Å². The average Bonchev–Trinajstić information content (AvgIpc) is 2.85. The maximum Gasteiger partial charge on any atom is 0.238 e. The molecule has 0 radical (unpaired) electrons. The normalized spacial score (nSPS) is 16.1. The molecule has 1 aliphatic heterocycles. The van der Waals surface area contributed by atoms with Crippen molar-refractivity contribution in [1.29, 1.82) is 0 Å². The highest BCUT2D eigenvalue weighted by Gasteiger charge is 2.17. The monoisotopic (exact) mass is 389 g/mol. The highest BCUT2D eigenvalue weighted by molar-refractivity contribution is 6.31. The summed E-state index contributed by atoms with van der Waals surface area (Å²) in [4.78, 5) is 16.9. The molecular weight excluding hydrogens is 365 g/mol. The second-order valence-corrected chi connectivity index (χ2v) is 7.48. The number of hydrogen-bond donors (Lipinski definition) is 1. The van der Waals surface area contributed by atoms with Gasteiger partial charge in [0.25, 0.3) is 0 Å². The largest absolute Gasteiger partial charge is 0.325 e. The number of aryl methyl sites for hydroxylation is 1. The number of nitrogens with one attached hydrogen (secondary N) is 1. The Kier molecular flexibility index (Phi) is 6.83. The van der Waals surface area contributed by atoms with Gasteiger partial charge < -0.3 is 5.32 Å². The standard InChI is InChI=1S/C21H25ClFN3O/c1-16-3-6-18(22)13-20(16)24-21(27)15-26-10-2-9-25(11-12-26)14-17-4-7-19(23)8-5-17/h3-8,13H,2,9-12,14-15H2,1H3,(H,24,27). The van der Waals surface area contributed by atoms with E-state index in [9.17, 15) is 9.18 Å². The number of benzene rings is 2. The van der Waals surface area contributed by atoms with Crippen LogP contribution in [0.5, 0.6) is 0 Å². The topological polar surface area (TPSA) is 35.6 Å². The summed E-state index contributed by atoms with van der Waals surface area (Å²) in [5.41, 5.74) is 2.87. The minimum absolute atomic E-state index is 0.0210. The van der Waals surface area contributed by atoms with Gasteiger partial charge in [0.15, 0.2) is 0 Å². The van der Waals surface area contributed by atoms with Gasteiger partial charge in [-0.1, -0.05) is 29.8 Å². The van der Waals surface area contributed by atoms with E-state index in [2.05, 4.69) is 15.1 Å². The SMILES string of the molecule is Cc1ccc(Cl)cc1NC(=O)CN1CCCN(Cc2ccc(F)cc2)CC1. The zero-order valence-corrected chi connectivity index (χ0v) is 16.3. The third-order valence-electron chi connectivity index (χ3n) is 4.84. The van der Waals surface area contributed by atoms with Crippen LogP contribution in [0, 0.1) is 12.7 Å². The Morgan fingerprint density at radius 2 is 1.78 bits per heavy atom. The minimum atomic E-state index is -0.207. The first-order chi connectivity index (χ1) is 13.0. The highest BCUT2D eigenvalue weighted by atomic mass is 35.5. The second-order valence-electron chi connectivity index (χ2n) is 7.04. The van der Waals surface area contributed by atoms with E-state index in [1.54, 1.807) is 6.07 Å². The van der Waals surface area contributed by atoms with Crippen LogP contribution < -0.4 is 5.32 Å². The molecule has 1 aliphatic rings. The van der Waals surface area contributed by atoms with Crippen molar-refractivity contribution in [3.63, 3.8) is 0 Å². The second kappa shape index (κ2) is 9.31. The molecule has 6 heteroatoms. The molecule has 2 aromatic rings. The lowest BCUT2D eigenvalue weighted by Crippen LogP contribution is -2.36. The average molecular weight is 390 g/mol. The summed E-state index contributed by atoms with van der Waals surface area (Å²) in [5, 5.41) is 3.57. The molecule has 0 aromatic heterocycles. The highest BCUT2D eigenvalue weighted by Crippen LogP contribution is 2.20. The predicted octanol–water partition coefficient (Wildman–Crippen LogP) is 3.93. The lowest BCUT2D eigenvalue weighted by atomic mass is 10.2. The van der Waals surface area contributed by atoms with Gasteiger partial charge in [0.2, 0.25) is 5.91 Å². The number of amides is 1. The van der Waals surface area contributed by atoms with Crippen LogP contribution in [-0.2, 0) is 11.3 Å². The zero-order valence-electron chi connectivity index (χ0n) is 15.5. The van der Waals surface area contributed by atoms with Crippen LogP contribution >= 0.6 is 11.6 Å². The summed E-state index contributed by atoms with van der Waals surface area (Å²) in [6.45, 7) is 6.72. The smallest absolute Gasteiger partial charge is 0.238 e. The molecule has 1 N–H and O–H groups in total. The third kappa shape index (κ3) is 6.03. The van der Waals surface area contributed by atoms with E-state index in [0.29, 0.717) is 11.6 Å². The molecule has 144 valence electrons. The summed E-state index contributed by atoms with van der Waals surface area (Å²) >= 11 is 6.02. The van der Waals surface area contributed by atoms with Crippen molar-refractivity contribution < 1.29 is 9.18 Å². The number of anilines is 1. The molecule has 0 spiro atoms. The first-order valence-electron chi connectivity index (χ1n) is 9.25. The summed E-state index contributed by atoms with van der Waals surface area (Å²) in [5.74, 6) is -0.228. The van der Waals surface area contributed by atoms with E-state index in [1.165, 1.54) is 12.1 Å². The maximum absolute atomic E-state index is 13.0. The molecule has 1 saturated heterocycles. The first kappa shape index (κ1) is 19.8. The molecule has 0 bridgehead atoms. The van der Waals surface area contributed by atoms with Crippen LogP contribution in [-0.4, -0.2) is 48.4 Å². The van der Waals surface area contributed by atoms with E-state index < -0.39 is 0 Å². The van der Waals surface area contributed by atoms with Gasteiger partial charge in [0, 0.05) is 30.3 Å². The maximum atomic E-state index is 13.0. The van der Waals surface area contributed by atoms with Crippen molar-refractivity contribution in [3.05, 3.63) is 64.4 Å². The summed E-state index contributed by atoms with van der Waals surface area (Å²) in [7, 11) is 0. The molecule has 1 heterocycles. The fourth-order valence-corrected chi connectivity index (χ4v) is 3.48. The molecule has 0 saturated carbocycles. The molecular formula is C21H25ClFN3O. The van der Waals surface area contributed by atoms with Crippen LogP contribution in [0.4, 0.5) is 10.1 Å². The Morgan fingerprint density at radius 1 is 1.07 bits per heavy atom. The van der Waals surface area contributed by atoms with Crippen molar-refractivity contribution in [2.75, 3.05) is 38.0 Å². The molecule has 27 heavy (non-hydrogen) atoms. The summed E-state index contributed by atoms with van der Waals surface area (Å²) in [6, 6.07) is 12.2. The molecule has 0 aliphatic carbocycles. The van der Waals surface area contributed by atoms with Crippen molar-refractivity contribution in [3.8, 4) is 0 Å². The third-order valence-corrected chi connectivity index (χ3v) is 5.08. The molecule has 2 aromatic carbocycles. The lowest BCUT2D eigenvalue weighted by Gasteiger charge is -2.21. The van der Waals surface area contributed by atoms with Gasteiger partial charge >= 0.3 is 0 Å². The number of carbonyl (C=O) groups is 1. The van der Waals surface area contributed by atoms with Crippen molar-refractivity contribution in [2.24, 2.45) is 0 Å². The molecule has 1 fully saturated rings. The Morgan fingerprint density at radius 3 is 2.56 bits per heavy atom.